The largest absolute Gasteiger partial charge is 0.371 e. The van der Waals surface area contributed by atoms with Crippen molar-refractivity contribution in [2.75, 3.05) is 37.4 Å². The summed E-state index contributed by atoms with van der Waals surface area (Å²) >= 11 is 1.69. The normalized spacial score (nSPS) is 24.1. The van der Waals surface area contributed by atoms with E-state index in [1.165, 1.54) is 24.1 Å². The Balaban J connectivity index is 1.40. The van der Waals surface area contributed by atoms with Crippen LogP contribution in [0.25, 0.3) is 0 Å². The molecule has 0 spiro atoms. The molecule has 2 aromatic carbocycles. The molecule has 2 unspecified atom stereocenters. The third kappa shape index (κ3) is 3.85. The lowest BCUT2D eigenvalue weighted by atomic mass is 9.91. The summed E-state index contributed by atoms with van der Waals surface area (Å²) in [6.45, 7) is 2.15. The van der Waals surface area contributed by atoms with E-state index >= 15 is 0 Å². The Labute approximate surface area is 216 Å². The van der Waals surface area contributed by atoms with Gasteiger partial charge in [0.15, 0.2) is 5.96 Å². The van der Waals surface area contributed by atoms with Crippen molar-refractivity contribution in [3.8, 4) is 0 Å². The molecule has 8 heteroatoms. The molecule has 6 rings (SSSR count). The Bertz CT molecular complexity index is 1260. The van der Waals surface area contributed by atoms with Crippen molar-refractivity contribution >= 4 is 34.9 Å². The molecule has 0 saturated carbocycles. The van der Waals surface area contributed by atoms with Gasteiger partial charge in [-0.05, 0) is 56.1 Å². The summed E-state index contributed by atoms with van der Waals surface area (Å²) in [6.07, 6.45) is 5.20. The quantitative estimate of drug-likeness (QED) is 0.535. The van der Waals surface area contributed by atoms with E-state index < -0.39 is 5.66 Å². The molecule has 1 fully saturated rings. The van der Waals surface area contributed by atoms with Gasteiger partial charge < -0.3 is 20.9 Å². The van der Waals surface area contributed by atoms with Gasteiger partial charge in [0.05, 0.1) is 16.6 Å². The van der Waals surface area contributed by atoms with Crippen LogP contribution in [0.2, 0.25) is 0 Å². The highest BCUT2D eigenvalue weighted by molar-refractivity contribution is 7.10. The van der Waals surface area contributed by atoms with Gasteiger partial charge in [-0.2, -0.15) is 5.10 Å². The number of fused-ring (bicyclic) bond motifs is 1. The number of benzene rings is 2. The Morgan fingerprint density at radius 1 is 1.03 bits per heavy atom. The van der Waals surface area contributed by atoms with Crippen LogP contribution in [0.1, 0.15) is 41.3 Å². The Morgan fingerprint density at radius 2 is 1.78 bits per heavy atom. The third-order valence-electron chi connectivity index (χ3n) is 7.70. The fourth-order valence-corrected chi connectivity index (χ4v) is 6.78. The second kappa shape index (κ2) is 9.26. The average molecular weight is 500 g/mol. The van der Waals surface area contributed by atoms with E-state index in [-0.39, 0.29) is 6.04 Å². The van der Waals surface area contributed by atoms with Crippen LogP contribution in [0.3, 0.4) is 0 Å². The van der Waals surface area contributed by atoms with E-state index in [1.807, 2.05) is 6.21 Å². The van der Waals surface area contributed by atoms with Gasteiger partial charge in [-0.25, -0.2) is 4.99 Å². The molecule has 7 nitrogen and oxygen atoms in total. The molecule has 4 heterocycles. The monoisotopic (exact) mass is 499 g/mol. The predicted molar refractivity (Wildman–Crippen MR) is 150 cm³/mol. The molecule has 3 aliphatic heterocycles. The predicted octanol–water partition coefficient (Wildman–Crippen LogP) is 4.65. The molecule has 1 aromatic heterocycles. The van der Waals surface area contributed by atoms with Gasteiger partial charge in [-0.3, -0.25) is 5.01 Å². The van der Waals surface area contributed by atoms with Crippen molar-refractivity contribution in [3.05, 3.63) is 82.0 Å². The number of aliphatic imine (C=N–C) groups is 1. The Kier molecular flexibility index (Phi) is 5.93. The van der Waals surface area contributed by atoms with Gasteiger partial charge in [0.2, 0.25) is 5.66 Å². The number of nitrogens with zero attached hydrogens (tertiary/aromatic N) is 5. The number of hydrogen-bond donors (Lipinski definition) is 2. The second-order valence-electron chi connectivity index (χ2n) is 9.99. The molecule has 0 amide bonds. The first-order valence-corrected chi connectivity index (χ1v) is 13.5. The Morgan fingerprint density at radius 3 is 2.50 bits per heavy atom. The van der Waals surface area contributed by atoms with E-state index in [1.54, 1.807) is 11.3 Å². The van der Waals surface area contributed by atoms with Crippen molar-refractivity contribution in [1.29, 1.82) is 0 Å². The summed E-state index contributed by atoms with van der Waals surface area (Å²) in [4.78, 5) is 11.1. The standard InChI is InChI=1S/C28H33N7S/c1-33(2)22-13-17-34(18-14-22)23-10-8-21(9-11-23)28(26-24(15-19-36-26)31-27(29)32-28)35-25(12-16-30-35)20-6-4-3-5-7-20/h3-11,15-16,19,22,25H,12-14,17-18H2,1-2H3,(H3,29,31,32). The first-order valence-electron chi connectivity index (χ1n) is 12.7. The van der Waals surface area contributed by atoms with E-state index in [2.05, 4.69) is 100 Å². The molecule has 0 radical (unpaired) electrons. The maximum Gasteiger partial charge on any atom is 0.214 e. The summed E-state index contributed by atoms with van der Waals surface area (Å²) in [5, 5.41) is 12.4. The van der Waals surface area contributed by atoms with E-state index in [0.29, 0.717) is 12.0 Å². The average Bonchev–Trinajstić information content (AvgIpc) is 3.59. The smallest absolute Gasteiger partial charge is 0.214 e. The van der Waals surface area contributed by atoms with Crippen LogP contribution in [0.15, 0.2) is 76.1 Å². The number of hydrogen-bond acceptors (Lipinski definition) is 8. The van der Waals surface area contributed by atoms with Crippen LogP contribution < -0.4 is 16.0 Å². The number of piperidine rings is 1. The first-order chi connectivity index (χ1) is 17.6. The molecule has 2 atom stereocenters. The summed E-state index contributed by atoms with van der Waals surface area (Å²) in [6, 6.07) is 22.3. The number of nitrogens with one attached hydrogen (secondary N) is 1. The van der Waals surface area contributed by atoms with Crippen LogP contribution in [0, 0.1) is 0 Å². The van der Waals surface area contributed by atoms with Gasteiger partial charge >= 0.3 is 0 Å². The van der Waals surface area contributed by atoms with Crippen LogP contribution in [-0.2, 0) is 5.66 Å². The van der Waals surface area contributed by atoms with Crippen LogP contribution in [-0.4, -0.2) is 55.3 Å². The number of thiophene rings is 1. The van der Waals surface area contributed by atoms with Gasteiger partial charge in [0.25, 0.3) is 0 Å². The third-order valence-corrected chi connectivity index (χ3v) is 8.71. The van der Waals surface area contributed by atoms with Crippen molar-refractivity contribution in [2.45, 2.75) is 37.0 Å². The maximum absolute atomic E-state index is 6.41. The number of rotatable bonds is 5. The van der Waals surface area contributed by atoms with E-state index in [9.17, 15) is 0 Å². The van der Waals surface area contributed by atoms with Gasteiger partial charge in [0.1, 0.15) is 0 Å². The highest BCUT2D eigenvalue weighted by Crippen LogP contribution is 2.51. The van der Waals surface area contributed by atoms with Crippen LogP contribution in [0.5, 0.6) is 0 Å². The lowest BCUT2D eigenvalue weighted by molar-refractivity contribution is 0.0990. The minimum atomic E-state index is -0.831. The maximum atomic E-state index is 6.41. The zero-order valence-corrected chi connectivity index (χ0v) is 21.7. The number of nitrogens with two attached hydrogens (primary N) is 1. The van der Waals surface area contributed by atoms with Crippen molar-refractivity contribution < 1.29 is 0 Å². The SMILES string of the molecule is CN(C)C1CCN(c2ccc(C3(N4N=CCC4c4ccccc4)N=C(N)Nc4ccsc43)cc2)CC1. The Hall–Kier alpha value is -3.36. The minimum Gasteiger partial charge on any atom is -0.371 e. The van der Waals surface area contributed by atoms with Gasteiger partial charge in [-0.1, -0.05) is 42.5 Å². The lowest BCUT2D eigenvalue weighted by Gasteiger charge is -2.43. The topological polar surface area (TPSA) is 72.5 Å². The molecule has 3 aliphatic rings. The summed E-state index contributed by atoms with van der Waals surface area (Å²) in [7, 11) is 4.37. The van der Waals surface area contributed by atoms with E-state index in [4.69, 9.17) is 15.8 Å². The zero-order chi connectivity index (χ0) is 24.7. The molecule has 0 bridgehead atoms. The van der Waals surface area contributed by atoms with E-state index in [0.717, 1.165) is 35.6 Å². The summed E-state index contributed by atoms with van der Waals surface area (Å²) in [5.41, 5.74) is 10.1. The zero-order valence-electron chi connectivity index (χ0n) is 20.8. The fraction of sp³-hybridized carbons (Fsp3) is 0.357. The summed E-state index contributed by atoms with van der Waals surface area (Å²) < 4.78 is 0. The molecule has 0 aliphatic carbocycles. The molecular formula is C28H33N7S. The molecular weight excluding hydrogens is 466 g/mol. The molecule has 186 valence electrons. The molecule has 3 N–H and O–H groups in total. The highest BCUT2D eigenvalue weighted by Gasteiger charge is 2.49. The van der Waals surface area contributed by atoms with Crippen LogP contribution >= 0.6 is 11.3 Å². The minimum absolute atomic E-state index is 0.0699. The number of hydrazone groups is 1. The number of guanidine groups is 1. The molecule has 36 heavy (non-hydrogen) atoms. The van der Waals surface area contributed by atoms with Crippen molar-refractivity contribution in [1.82, 2.24) is 9.91 Å². The fourth-order valence-electron chi connectivity index (χ4n) is 5.77. The number of anilines is 2. The molecule has 3 aromatic rings. The van der Waals surface area contributed by atoms with Gasteiger partial charge in [-0.15, -0.1) is 11.3 Å². The van der Waals surface area contributed by atoms with Crippen molar-refractivity contribution in [2.24, 2.45) is 15.8 Å². The molecule has 1 saturated heterocycles. The second-order valence-corrected chi connectivity index (χ2v) is 10.9. The lowest BCUT2D eigenvalue weighted by Crippen LogP contribution is -2.47. The highest BCUT2D eigenvalue weighted by atomic mass is 32.1. The van der Waals surface area contributed by atoms with Crippen LogP contribution in [0.4, 0.5) is 11.4 Å². The summed E-state index contributed by atoms with van der Waals surface area (Å²) in [5.74, 6) is 0.407. The first kappa shape index (κ1) is 23.1. The van der Waals surface area contributed by atoms with Gasteiger partial charge in [0, 0.05) is 43.0 Å². The van der Waals surface area contributed by atoms with Crippen molar-refractivity contribution in [3.63, 3.8) is 0 Å².